The number of amides is 1. The van der Waals surface area contributed by atoms with E-state index in [0.29, 0.717) is 16.6 Å². The first-order valence-electron chi connectivity index (χ1n) is 7.64. The number of likely N-dealkylation sites (N-methyl/N-ethyl adjacent to an activating group) is 1. The van der Waals surface area contributed by atoms with E-state index in [2.05, 4.69) is 15.7 Å². The summed E-state index contributed by atoms with van der Waals surface area (Å²) in [7, 11) is 3.56. The average Bonchev–Trinajstić information content (AvgIpc) is 2.92. The summed E-state index contributed by atoms with van der Waals surface area (Å²) in [6, 6.07) is 4.95. The molecule has 1 heterocycles. The number of aromatic nitrogens is 2. The number of carbonyl (C=O) groups is 1. The van der Waals surface area contributed by atoms with Crippen molar-refractivity contribution in [1.29, 1.82) is 0 Å². The summed E-state index contributed by atoms with van der Waals surface area (Å²) in [6.07, 6.45) is 3.49. The van der Waals surface area contributed by atoms with Gasteiger partial charge in [-0.1, -0.05) is 43.1 Å². The molecule has 0 aliphatic rings. The van der Waals surface area contributed by atoms with E-state index in [0.717, 1.165) is 11.1 Å². The van der Waals surface area contributed by atoms with Gasteiger partial charge >= 0.3 is 0 Å². The molecule has 0 saturated carbocycles. The normalized spacial score (nSPS) is 12.4. The van der Waals surface area contributed by atoms with Gasteiger partial charge in [-0.2, -0.15) is 5.10 Å². The Hall–Kier alpha value is -1.27. The fourth-order valence-electron chi connectivity index (χ4n) is 2.68. The highest BCUT2D eigenvalue weighted by atomic mass is 35.5. The molecule has 8 heteroatoms. The first-order valence-corrected chi connectivity index (χ1v) is 8.40. The lowest BCUT2D eigenvalue weighted by Crippen LogP contribution is -2.42. The summed E-state index contributed by atoms with van der Waals surface area (Å²) in [5.74, 6) is -0.123. The number of hydrogen-bond donors (Lipinski definition) is 2. The van der Waals surface area contributed by atoms with E-state index in [1.165, 1.54) is 0 Å². The Morgan fingerprint density at radius 1 is 1.32 bits per heavy atom. The molecule has 2 rings (SSSR count). The molecule has 1 aromatic carbocycles. The highest BCUT2D eigenvalue weighted by Crippen LogP contribution is 2.35. The van der Waals surface area contributed by atoms with Gasteiger partial charge in [0.15, 0.2) is 0 Å². The lowest BCUT2D eigenvalue weighted by molar-refractivity contribution is -0.123. The molecule has 138 valence electrons. The van der Waals surface area contributed by atoms with Crippen LogP contribution in [0.3, 0.4) is 0 Å². The Bertz CT molecular complexity index is 710. The fraction of sp³-hybridized carbons (Fsp3) is 0.412. The van der Waals surface area contributed by atoms with Gasteiger partial charge in [0.2, 0.25) is 5.91 Å². The van der Waals surface area contributed by atoms with Gasteiger partial charge in [0.25, 0.3) is 0 Å². The summed E-state index contributed by atoms with van der Waals surface area (Å²) in [4.78, 5) is 12.6. The summed E-state index contributed by atoms with van der Waals surface area (Å²) < 4.78 is 1.67. The number of hydrogen-bond acceptors (Lipinski definition) is 3. The van der Waals surface area contributed by atoms with Crippen LogP contribution in [-0.2, 0) is 17.3 Å². The van der Waals surface area contributed by atoms with Gasteiger partial charge in [0.1, 0.15) is 6.04 Å². The van der Waals surface area contributed by atoms with Crippen molar-refractivity contribution >= 4 is 41.5 Å². The number of aryl methyl sites for hydroxylation is 1. The Morgan fingerprint density at radius 2 is 1.92 bits per heavy atom. The molecule has 0 saturated heterocycles. The number of nitrogens with one attached hydrogen (secondary N) is 2. The smallest absolute Gasteiger partial charge is 0.241 e. The number of carbonyl (C=O) groups excluding carboxylic acids is 1. The predicted molar refractivity (Wildman–Crippen MR) is 105 cm³/mol. The van der Waals surface area contributed by atoms with Gasteiger partial charge < -0.3 is 10.6 Å². The first-order chi connectivity index (χ1) is 11.3. The maximum absolute atomic E-state index is 12.6. The van der Waals surface area contributed by atoms with Crippen molar-refractivity contribution in [2.24, 2.45) is 7.05 Å². The topological polar surface area (TPSA) is 59.0 Å². The average molecular weight is 406 g/mol. The molecule has 2 aromatic rings. The Balaban J connectivity index is 0.00000312. The van der Waals surface area contributed by atoms with Crippen molar-refractivity contribution < 1.29 is 4.79 Å². The number of rotatable bonds is 6. The molecule has 0 bridgehead atoms. The molecule has 0 aliphatic heterocycles. The third kappa shape index (κ3) is 5.11. The fourth-order valence-corrected chi connectivity index (χ4v) is 3.59. The van der Waals surface area contributed by atoms with E-state index in [9.17, 15) is 4.79 Å². The predicted octanol–water partition coefficient (Wildman–Crippen LogP) is 3.50. The highest BCUT2D eigenvalue weighted by molar-refractivity contribution is 6.36. The standard InChI is InChI=1S/C17H22Cl2N4O.ClH/c1-17(2,14-12(18)6-5-7-13(14)19)10-21-16(24)15(20-3)11-8-22-23(4)9-11;/h5-9,15,20H,10H2,1-4H3,(H,21,24);1H. The van der Waals surface area contributed by atoms with Crippen LogP contribution in [0.4, 0.5) is 0 Å². The van der Waals surface area contributed by atoms with E-state index in [4.69, 9.17) is 23.2 Å². The molecule has 1 unspecified atom stereocenters. The van der Waals surface area contributed by atoms with Gasteiger partial charge in [0.05, 0.1) is 6.20 Å². The Labute approximate surface area is 164 Å². The zero-order valence-corrected chi connectivity index (χ0v) is 17.0. The van der Waals surface area contributed by atoms with Gasteiger partial charge in [-0.3, -0.25) is 9.48 Å². The Morgan fingerprint density at radius 3 is 2.40 bits per heavy atom. The van der Waals surface area contributed by atoms with Crippen LogP contribution in [0.5, 0.6) is 0 Å². The lowest BCUT2D eigenvalue weighted by atomic mass is 9.84. The second-order valence-corrected chi connectivity index (χ2v) is 7.18. The second kappa shape index (κ2) is 8.90. The Kier molecular flexibility index (Phi) is 7.75. The zero-order valence-electron chi connectivity index (χ0n) is 14.6. The molecule has 0 spiro atoms. The van der Waals surface area contributed by atoms with E-state index in [-0.39, 0.29) is 18.3 Å². The van der Waals surface area contributed by atoms with Gasteiger partial charge in [-0.15, -0.1) is 12.4 Å². The van der Waals surface area contributed by atoms with E-state index < -0.39 is 11.5 Å². The maximum Gasteiger partial charge on any atom is 0.241 e. The quantitative estimate of drug-likeness (QED) is 0.773. The van der Waals surface area contributed by atoms with Crippen molar-refractivity contribution in [2.75, 3.05) is 13.6 Å². The molecule has 5 nitrogen and oxygen atoms in total. The highest BCUT2D eigenvalue weighted by Gasteiger charge is 2.28. The van der Waals surface area contributed by atoms with Crippen LogP contribution >= 0.6 is 35.6 Å². The van der Waals surface area contributed by atoms with E-state index >= 15 is 0 Å². The van der Waals surface area contributed by atoms with Crippen LogP contribution in [0.15, 0.2) is 30.6 Å². The van der Waals surface area contributed by atoms with Crippen LogP contribution in [0.25, 0.3) is 0 Å². The molecule has 1 aromatic heterocycles. The van der Waals surface area contributed by atoms with Crippen molar-refractivity contribution in [3.8, 4) is 0 Å². The summed E-state index contributed by atoms with van der Waals surface area (Å²) in [6.45, 7) is 4.41. The van der Waals surface area contributed by atoms with Crippen molar-refractivity contribution in [3.05, 3.63) is 51.8 Å². The minimum absolute atomic E-state index is 0. The van der Waals surface area contributed by atoms with Crippen molar-refractivity contribution in [3.63, 3.8) is 0 Å². The molecule has 2 N–H and O–H groups in total. The zero-order chi connectivity index (χ0) is 17.9. The van der Waals surface area contributed by atoms with Gasteiger partial charge in [0, 0.05) is 40.8 Å². The molecule has 25 heavy (non-hydrogen) atoms. The number of nitrogens with zero attached hydrogens (tertiary/aromatic N) is 2. The summed E-state index contributed by atoms with van der Waals surface area (Å²) >= 11 is 12.6. The third-order valence-electron chi connectivity index (χ3n) is 3.95. The third-order valence-corrected chi connectivity index (χ3v) is 4.58. The largest absolute Gasteiger partial charge is 0.354 e. The van der Waals surface area contributed by atoms with Crippen molar-refractivity contribution in [1.82, 2.24) is 20.4 Å². The van der Waals surface area contributed by atoms with E-state index in [1.54, 1.807) is 30.1 Å². The van der Waals surface area contributed by atoms with Crippen LogP contribution < -0.4 is 10.6 Å². The number of benzene rings is 1. The monoisotopic (exact) mass is 404 g/mol. The van der Waals surface area contributed by atoms with Crippen LogP contribution in [0, 0.1) is 0 Å². The molecule has 0 aliphatic carbocycles. The molecular weight excluding hydrogens is 383 g/mol. The van der Waals surface area contributed by atoms with Gasteiger partial charge in [-0.25, -0.2) is 0 Å². The summed E-state index contributed by atoms with van der Waals surface area (Å²) in [5, 5.41) is 11.3. The number of halogens is 3. The minimum atomic E-state index is -0.462. The van der Waals surface area contributed by atoms with Crippen LogP contribution in [0.2, 0.25) is 10.0 Å². The second-order valence-electron chi connectivity index (χ2n) is 6.37. The molecule has 0 fully saturated rings. The lowest BCUT2D eigenvalue weighted by Gasteiger charge is -2.28. The van der Waals surface area contributed by atoms with Gasteiger partial charge in [-0.05, 0) is 24.7 Å². The summed E-state index contributed by atoms with van der Waals surface area (Å²) in [5.41, 5.74) is 1.24. The molecular formula is C17H23Cl3N4O. The molecule has 1 amide bonds. The first kappa shape index (κ1) is 21.8. The SMILES string of the molecule is CNC(C(=O)NCC(C)(C)c1c(Cl)cccc1Cl)c1cnn(C)c1.Cl. The van der Waals surface area contributed by atoms with Crippen LogP contribution in [-0.4, -0.2) is 29.3 Å². The van der Waals surface area contributed by atoms with Crippen LogP contribution in [0.1, 0.15) is 31.0 Å². The van der Waals surface area contributed by atoms with Crippen molar-refractivity contribution in [2.45, 2.75) is 25.3 Å². The molecule has 1 atom stereocenters. The minimum Gasteiger partial charge on any atom is -0.354 e. The molecule has 0 radical (unpaired) electrons. The van der Waals surface area contributed by atoms with E-state index in [1.807, 2.05) is 33.2 Å². The maximum atomic E-state index is 12.6.